The first-order valence-corrected chi connectivity index (χ1v) is 7.07. The Labute approximate surface area is 116 Å². The second-order valence-corrected chi connectivity index (χ2v) is 5.07. The summed E-state index contributed by atoms with van der Waals surface area (Å²) in [5.41, 5.74) is 3.14. The molecule has 0 heterocycles. The minimum atomic E-state index is -0.904. The highest BCUT2D eigenvalue weighted by Crippen LogP contribution is 2.24. The summed E-state index contributed by atoms with van der Waals surface area (Å²) in [6.45, 7) is 1.90. The molecule has 0 atom stereocenters. The van der Waals surface area contributed by atoms with E-state index >= 15 is 0 Å². The van der Waals surface area contributed by atoms with E-state index in [2.05, 4.69) is 17.4 Å². The standard InChI is InChI=1S/C15H15NO2S/c1-10-8-11(15(17)18)6-7-14(10)16-12-4-3-5-13(9-12)19-2/h3-9,16H,1-2H3,(H,17,18). The van der Waals surface area contributed by atoms with Crippen LogP contribution in [0.3, 0.4) is 0 Å². The van der Waals surface area contributed by atoms with E-state index in [4.69, 9.17) is 5.11 Å². The van der Waals surface area contributed by atoms with Gasteiger partial charge < -0.3 is 10.4 Å². The van der Waals surface area contributed by atoms with Crippen LogP contribution in [-0.4, -0.2) is 17.3 Å². The second kappa shape index (κ2) is 5.80. The maximum absolute atomic E-state index is 10.9. The van der Waals surface area contributed by atoms with Crippen LogP contribution in [0.4, 0.5) is 11.4 Å². The molecular weight excluding hydrogens is 258 g/mol. The molecule has 0 aliphatic carbocycles. The van der Waals surface area contributed by atoms with Crippen LogP contribution in [0.25, 0.3) is 0 Å². The SMILES string of the molecule is CSc1cccc(Nc2ccc(C(=O)O)cc2C)c1. The molecule has 0 aliphatic rings. The predicted octanol–water partition coefficient (Wildman–Crippen LogP) is 4.16. The Kier molecular flexibility index (Phi) is 4.12. The van der Waals surface area contributed by atoms with E-state index in [1.165, 1.54) is 4.90 Å². The molecule has 0 saturated heterocycles. The largest absolute Gasteiger partial charge is 0.478 e. The van der Waals surface area contributed by atoms with E-state index in [1.807, 2.05) is 25.3 Å². The Balaban J connectivity index is 2.25. The van der Waals surface area contributed by atoms with Crippen molar-refractivity contribution in [3.63, 3.8) is 0 Å². The molecule has 2 N–H and O–H groups in total. The third-order valence-corrected chi connectivity index (χ3v) is 3.55. The fourth-order valence-corrected chi connectivity index (χ4v) is 2.25. The Morgan fingerprint density at radius 1 is 1.21 bits per heavy atom. The van der Waals surface area contributed by atoms with E-state index in [0.29, 0.717) is 5.56 Å². The monoisotopic (exact) mass is 273 g/mol. The highest BCUT2D eigenvalue weighted by molar-refractivity contribution is 7.98. The van der Waals surface area contributed by atoms with Crippen LogP contribution in [0, 0.1) is 6.92 Å². The molecule has 0 saturated carbocycles. The van der Waals surface area contributed by atoms with Gasteiger partial charge >= 0.3 is 5.97 Å². The summed E-state index contributed by atoms with van der Waals surface area (Å²) in [5, 5.41) is 12.2. The maximum Gasteiger partial charge on any atom is 0.335 e. The van der Waals surface area contributed by atoms with Crippen molar-refractivity contribution in [2.75, 3.05) is 11.6 Å². The molecule has 3 nitrogen and oxygen atoms in total. The fraction of sp³-hybridized carbons (Fsp3) is 0.133. The van der Waals surface area contributed by atoms with Gasteiger partial charge in [0.2, 0.25) is 0 Å². The molecule has 0 spiro atoms. The molecule has 0 unspecified atom stereocenters. The summed E-state index contributed by atoms with van der Waals surface area (Å²) in [5.74, 6) is -0.904. The number of rotatable bonds is 4. The van der Waals surface area contributed by atoms with Gasteiger partial charge in [0.1, 0.15) is 0 Å². The highest BCUT2D eigenvalue weighted by Gasteiger charge is 2.06. The Morgan fingerprint density at radius 3 is 2.63 bits per heavy atom. The number of anilines is 2. The van der Waals surface area contributed by atoms with Gasteiger partial charge in [-0.15, -0.1) is 11.8 Å². The van der Waals surface area contributed by atoms with Crippen molar-refractivity contribution in [1.29, 1.82) is 0 Å². The molecular formula is C15H15NO2S. The third kappa shape index (κ3) is 3.29. The number of hydrogen-bond donors (Lipinski definition) is 2. The van der Waals surface area contributed by atoms with Crippen LogP contribution in [0.2, 0.25) is 0 Å². The summed E-state index contributed by atoms with van der Waals surface area (Å²) in [6.07, 6.45) is 2.03. The number of carbonyl (C=O) groups is 1. The number of aromatic carboxylic acids is 1. The van der Waals surface area contributed by atoms with E-state index in [0.717, 1.165) is 16.9 Å². The van der Waals surface area contributed by atoms with Crippen LogP contribution in [0.1, 0.15) is 15.9 Å². The lowest BCUT2D eigenvalue weighted by atomic mass is 10.1. The summed E-state index contributed by atoms with van der Waals surface area (Å²) >= 11 is 1.69. The van der Waals surface area contributed by atoms with Crippen LogP contribution in [-0.2, 0) is 0 Å². The number of carboxylic acids is 1. The van der Waals surface area contributed by atoms with Gasteiger partial charge in [-0.25, -0.2) is 4.79 Å². The lowest BCUT2D eigenvalue weighted by molar-refractivity contribution is 0.0697. The van der Waals surface area contributed by atoms with Crippen molar-refractivity contribution in [2.45, 2.75) is 11.8 Å². The highest BCUT2D eigenvalue weighted by atomic mass is 32.2. The normalized spacial score (nSPS) is 10.2. The summed E-state index contributed by atoms with van der Waals surface area (Å²) < 4.78 is 0. The lowest BCUT2D eigenvalue weighted by Gasteiger charge is -2.11. The number of nitrogens with one attached hydrogen (secondary N) is 1. The maximum atomic E-state index is 10.9. The third-order valence-electron chi connectivity index (χ3n) is 2.82. The molecule has 19 heavy (non-hydrogen) atoms. The summed E-state index contributed by atoms with van der Waals surface area (Å²) in [4.78, 5) is 12.1. The van der Waals surface area contributed by atoms with Crippen molar-refractivity contribution >= 4 is 29.1 Å². The molecule has 0 bridgehead atoms. The first-order chi connectivity index (χ1) is 9.10. The Hall–Kier alpha value is -1.94. The van der Waals surface area contributed by atoms with Crippen LogP contribution < -0.4 is 5.32 Å². The summed E-state index contributed by atoms with van der Waals surface area (Å²) in [7, 11) is 0. The van der Waals surface area contributed by atoms with Gasteiger partial charge in [-0.1, -0.05) is 6.07 Å². The van der Waals surface area contributed by atoms with E-state index in [-0.39, 0.29) is 0 Å². The zero-order valence-electron chi connectivity index (χ0n) is 10.8. The van der Waals surface area contributed by atoms with Gasteiger partial charge in [0, 0.05) is 16.3 Å². The van der Waals surface area contributed by atoms with Crippen LogP contribution >= 0.6 is 11.8 Å². The van der Waals surface area contributed by atoms with Crippen molar-refractivity contribution in [3.05, 3.63) is 53.6 Å². The van der Waals surface area contributed by atoms with E-state index < -0.39 is 5.97 Å². The van der Waals surface area contributed by atoms with Gasteiger partial charge in [-0.2, -0.15) is 0 Å². The van der Waals surface area contributed by atoms with Gasteiger partial charge in [0.15, 0.2) is 0 Å². The molecule has 0 fully saturated rings. The molecule has 98 valence electrons. The minimum absolute atomic E-state index is 0.306. The van der Waals surface area contributed by atoms with Gasteiger partial charge in [-0.3, -0.25) is 0 Å². The molecule has 0 aromatic heterocycles. The number of carboxylic acid groups (broad SMARTS) is 1. The molecule has 0 amide bonds. The molecule has 0 radical (unpaired) electrons. The van der Waals surface area contributed by atoms with E-state index in [1.54, 1.807) is 30.0 Å². The van der Waals surface area contributed by atoms with Crippen molar-refractivity contribution in [2.24, 2.45) is 0 Å². The topological polar surface area (TPSA) is 49.3 Å². The fourth-order valence-electron chi connectivity index (χ4n) is 1.79. The average molecular weight is 273 g/mol. The van der Waals surface area contributed by atoms with E-state index in [9.17, 15) is 4.79 Å². The second-order valence-electron chi connectivity index (χ2n) is 4.19. The van der Waals surface area contributed by atoms with Crippen molar-refractivity contribution in [1.82, 2.24) is 0 Å². The Morgan fingerprint density at radius 2 is 2.00 bits per heavy atom. The molecule has 4 heteroatoms. The number of thioether (sulfide) groups is 1. The zero-order chi connectivity index (χ0) is 13.8. The average Bonchev–Trinajstić information content (AvgIpc) is 2.41. The molecule has 2 aromatic carbocycles. The first kappa shape index (κ1) is 13.5. The van der Waals surface area contributed by atoms with Gasteiger partial charge in [0.25, 0.3) is 0 Å². The predicted molar refractivity (Wildman–Crippen MR) is 79.6 cm³/mol. The molecule has 0 aliphatic heterocycles. The van der Waals surface area contributed by atoms with Crippen molar-refractivity contribution < 1.29 is 9.90 Å². The quantitative estimate of drug-likeness (QED) is 0.821. The smallest absolute Gasteiger partial charge is 0.335 e. The molecule has 2 aromatic rings. The van der Waals surface area contributed by atoms with Crippen LogP contribution in [0.15, 0.2) is 47.4 Å². The lowest BCUT2D eigenvalue weighted by Crippen LogP contribution is -1.99. The van der Waals surface area contributed by atoms with Crippen molar-refractivity contribution in [3.8, 4) is 0 Å². The Bertz CT molecular complexity index is 611. The number of aryl methyl sites for hydroxylation is 1. The number of hydrogen-bond acceptors (Lipinski definition) is 3. The first-order valence-electron chi connectivity index (χ1n) is 5.85. The molecule has 2 rings (SSSR count). The van der Waals surface area contributed by atoms with Gasteiger partial charge in [-0.05, 0) is 55.1 Å². The minimum Gasteiger partial charge on any atom is -0.478 e. The zero-order valence-corrected chi connectivity index (χ0v) is 11.6. The van der Waals surface area contributed by atoms with Gasteiger partial charge in [0.05, 0.1) is 5.56 Å². The van der Waals surface area contributed by atoms with Crippen LogP contribution in [0.5, 0.6) is 0 Å². The summed E-state index contributed by atoms with van der Waals surface area (Å²) in [6, 6.07) is 13.2. The number of benzene rings is 2.